The molecule has 0 aliphatic heterocycles. The van der Waals surface area contributed by atoms with Crippen LogP contribution in [0.3, 0.4) is 0 Å². The molecule has 20 heavy (non-hydrogen) atoms. The molecule has 1 atom stereocenters. The van der Waals surface area contributed by atoms with E-state index in [0.29, 0.717) is 12.2 Å². The fourth-order valence-corrected chi connectivity index (χ4v) is 2.10. The van der Waals surface area contributed by atoms with Crippen LogP contribution in [0.15, 0.2) is 42.5 Å². The van der Waals surface area contributed by atoms with Gasteiger partial charge in [0.05, 0.1) is 11.1 Å². The van der Waals surface area contributed by atoms with Gasteiger partial charge in [-0.05, 0) is 30.2 Å². The molecule has 2 aromatic rings. The highest BCUT2D eigenvalue weighted by Gasteiger charge is 2.11. The molecule has 0 radical (unpaired) electrons. The number of halogens is 2. The van der Waals surface area contributed by atoms with Crippen molar-refractivity contribution in [3.8, 4) is 5.75 Å². The van der Waals surface area contributed by atoms with Crippen molar-refractivity contribution in [2.45, 2.75) is 26.1 Å². The molecule has 2 rings (SSSR count). The first-order chi connectivity index (χ1) is 9.61. The molecule has 1 unspecified atom stereocenters. The van der Waals surface area contributed by atoms with Crippen LogP contribution in [0, 0.1) is 5.82 Å². The number of benzene rings is 2. The van der Waals surface area contributed by atoms with E-state index in [4.69, 9.17) is 16.3 Å². The summed E-state index contributed by atoms with van der Waals surface area (Å²) < 4.78 is 18.8. The molecule has 0 aromatic heterocycles. The number of ether oxygens (including phenoxy) is 1. The Morgan fingerprint density at radius 1 is 1.25 bits per heavy atom. The van der Waals surface area contributed by atoms with E-state index in [1.807, 2.05) is 25.1 Å². The zero-order chi connectivity index (χ0) is 14.5. The molecule has 0 spiro atoms. The van der Waals surface area contributed by atoms with Crippen molar-refractivity contribution >= 4 is 11.6 Å². The summed E-state index contributed by atoms with van der Waals surface area (Å²) in [7, 11) is 0. The molecule has 0 amide bonds. The van der Waals surface area contributed by atoms with Crippen molar-refractivity contribution in [1.82, 2.24) is 0 Å². The van der Waals surface area contributed by atoms with Gasteiger partial charge >= 0.3 is 0 Å². The Kier molecular flexibility index (Phi) is 4.99. The van der Waals surface area contributed by atoms with Crippen molar-refractivity contribution in [3.63, 3.8) is 0 Å². The molecule has 0 fully saturated rings. The lowest BCUT2D eigenvalue weighted by Crippen LogP contribution is -2.02. The summed E-state index contributed by atoms with van der Waals surface area (Å²) in [5.74, 6) is 0.180. The Morgan fingerprint density at radius 2 is 2.00 bits per heavy atom. The summed E-state index contributed by atoms with van der Waals surface area (Å²) in [6.07, 6.45) is 0.0611. The summed E-state index contributed by atoms with van der Waals surface area (Å²) in [5, 5.41) is 10.0. The molecule has 0 aliphatic carbocycles. The third-order valence-corrected chi connectivity index (χ3v) is 3.33. The van der Waals surface area contributed by atoms with Crippen LogP contribution in [0.4, 0.5) is 4.39 Å². The Labute approximate surface area is 122 Å². The normalized spacial score (nSPS) is 12.2. The number of hydrogen-bond donors (Lipinski definition) is 1. The predicted molar refractivity (Wildman–Crippen MR) is 77.4 cm³/mol. The highest BCUT2D eigenvalue weighted by atomic mass is 35.5. The zero-order valence-corrected chi connectivity index (χ0v) is 11.9. The largest absolute Gasteiger partial charge is 0.489 e. The van der Waals surface area contributed by atoms with Gasteiger partial charge < -0.3 is 9.84 Å². The SMILES string of the molecule is CCC(O)c1ccccc1OCc1ccc(F)c(Cl)c1. The third kappa shape index (κ3) is 3.50. The van der Waals surface area contributed by atoms with E-state index in [-0.39, 0.29) is 11.6 Å². The van der Waals surface area contributed by atoms with Crippen molar-refractivity contribution in [1.29, 1.82) is 0 Å². The fraction of sp³-hybridized carbons (Fsp3) is 0.250. The number of aliphatic hydroxyl groups excluding tert-OH is 1. The number of aliphatic hydroxyl groups is 1. The molecule has 106 valence electrons. The second-order valence-electron chi connectivity index (χ2n) is 4.50. The van der Waals surface area contributed by atoms with Gasteiger partial charge in [-0.15, -0.1) is 0 Å². The average Bonchev–Trinajstić information content (AvgIpc) is 2.48. The van der Waals surface area contributed by atoms with Crippen LogP contribution in [0.1, 0.15) is 30.6 Å². The van der Waals surface area contributed by atoms with E-state index in [1.54, 1.807) is 12.1 Å². The van der Waals surface area contributed by atoms with Gasteiger partial charge in [0, 0.05) is 5.56 Å². The van der Waals surface area contributed by atoms with Gasteiger partial charge in [0.1, 0.15) is 18.2 Å². The molecule has 2 nitrogen and oxygen atoms in total. The Morgan fingerprint density at radius 3 is 2.70 bits per heavy atom. The van der Waals surface area contributed by atoms with E-state index >= 15 is 0 Å². The summed E-state index contributed by atoms with van der Waals surface area (Å²) in [6.45, 7) is 2.18. The Hall–Kier alpha value is -1.58. The molecular weight excluding hydrogens is 279 g/mol. The molecule has 0 bridgehead atoms. The van der Waals surface area contributed by atoms with Gasteiger partial charge in [0.15, 0.2) is 0 Å². The quantitative estimate of drug-likeness (QED) is 0.879. The van der Waals surface area contributed by atoms with E-state index in [9.17, 15) is 9.50 Å². The number of para-hydroxylation sites is 1. The molecule has 0 saturated carbocycles. The van der Waals surface area contributed by atoms with Crippen molar-refractivity contribution < 1.29 is 14.2 Å². The standard InChI is InChI=1S/C16H16ClFO2/c1-2-15(19)12-5-3-4-6-16(12)20-10-11-7-8-14(18)13(17)9-11/h3-9,15,19H,2,10H2,1H3. The Balaban J connectivity index is 2.12. The maximum Gasteiger partial charge on any atom is 0.141 e. The Bertz CT molecular complexity index is 586. The maximum absolute atomic E-state index is 13.1. The topological polar surface area (TPSA) is 29.5 Å². The minimum atomic E-state index is -0.553. The molecule has 0 aliphatic rings. The smallest absolute Gasteiger partial charge is 0.141 e. The summed E-state index contributed by atoms with van der Waals surface area (Å²) >= 11 is 5.73. The van der Waals surface area contributed by atoms with Crippen molar-refractivity contribution in [2.75, 3.05) is 0 Å². The van der Waals surface area contributed by atoms with Crippen LogP contribution in [-0.4, -0.2) is 5.11 Å². The van der Waals surface area contributed by atoms with Crippen LogP contribution in [0.5, 0.6) is 5.75 Å². The van der Waals surface area contributed by atoms with Crippen LogP contribution >= 0.6 is 11.6 Å². The summed E-state index contributed by atoms with van der Waals surface area (Å²) in [4.78, 5) is 0. The van der Waals surface area contributed by atoms with Gasteiger partial charge in [0.2, 0.25) is 0 Å². The minimum Gasteiger partial charge on any atom is -0.489 e. The fourth-order valence-electron chi connectivity index (χ4n) is 1.90. The highest BCUT2D eigenvalue weighted by Crippen LogP contribution is 2.27. The van der Waals surface area contributed by atoms with E-state index in [1.165, 1.54) is 12.1 Å². The molecule has 1 N–H and O–H groups in total. The van der Waals surface area contributed by atoms with Crippen molar-refractivity contribution in [2.24, 2.45) is 0 Å². The average molecular weight is 295 g/mol. The van der Waals surface area contributed by atoms with Crippen LogP contribution in [0.2, 0.25) is 5.02 Å². The molecule has 2 aromatic carbocycles. The number of hydrogen-bond acceptors (Lipinski definition) is 2. The molecule has 0 saturated heterocycles. The van der Waals surface area contributed by atoms with Gasteiger partial charge in [-0.2, -0.15) is 0 Å². The van der Waals surface area contributed by atoms with Crippen LogP contribution in [-0.2, 0) is 6.61 Å². The van der Waals surface area contributed by atoms with Crippen molar-refractivity contribution in [3.05, 3.63) is 64.4 Å². The maximum atomic E-state index is 13.1. The summed E-state index contributed by atoms with van der Waals surface area (Å²) in [6, 6.07) is 11.8. The third-order valence-electron chi connectivity index (χ3n) is 3.04. The van der Waals surface area contributed by atoms with E-state index in [2.05, 4.69) is 0 Å². The number of rotatable bonds is 5. The second-order valence-corrected chi connectivity index (χ2v) is 4.91. The van der Waals surface area contributed by atoms with Crippen LogP contribution < -0.4 is 4.74 Å². The lowest BCUT2D eigenvalue weighted by atomic mass is 10.1. The lowest BCUT2D eigenvalue weighted by Gasteiger charge is -2.15. The van der Waals surface area contributed by atoms with Gasteiger partial charge in [-0.3, -0.25) is 0 Å². The van der Waals surface area contributed by atoms with Gasteiger partial charge in [0.25, 0.3) is 0 Å². The highest BCUT2D eigenvalue weighted by molar-refractivity contribution is 6.30. The monoisotopic (exact) mass is 294 g/mol. The lowest BCUT2D eigenvalue weighted by molar-refractivity contribution is 0.166. The first-order valence-corrected chi connectivity index (χ1v) is 6.83. The molecule has 0 heterocycles. The van der Waals surface area contributed by atoms with E-state index in [0.717, 1.165) is 11.1 Å². The van der Waals surface area contributed by atoms with E-state index < -0.39 is 11.9 Å². The first-order valence-electron chi connectivity index (χ1n) is 6.45. The van der Waals surface area contributed by atoms with Gasteiger partial charge in [-0.1, -0.05) is 42.8 Å². The summed E-state index contributed by atoms with van der Waals surface area (Å²) in [5.41, 5.74) is 1.53. The molecular formula is C16H16ClFO2. The molecule has 4 heteroatoms. The predicted octanol–water partition coefficient (Wildman–Crippen LogP) is 4.50. The van der Waals surface area contributed by atoms with Gasteiger partial charge in [-0.25, -0.2) is 4.39 Å². The zero-order valence-electron chi connectivity index (χ0n) is 11.1. The minimum absolute atomic E-state index is 0.0768. The first kappa shape index (κ1) is 14.8. The second kappa shape index (κ2) is 6.73. The van der Waals surface area contributed by atoms with Crippen LogP contribution in [0.25, 0.3) is 0 Å².